The van der Waals surface area contributed by atoms with Crippen molar-refractivity contribution in [2.75, 3.05) is 24.7 Å². The van der Waals surface area contributed by atoms with Crippen LogP contribution in [0.3, 0.4) is 0 Å². The molecule has 1 saturated heterocycles. The van der Waals surface area contributed by atoms with Gasteiger partial charge in [-0.2, -0.15) is 4.37 Å². The second-order valence-electron chi connectivity index (χ2n) is 7.23. The number of aliphatic hydroxyl groups is 1. The minimum atomic E-state index is -0.504. The van der Waals surface area contributed by atoms with Crippen LogP contribution in [0.25, 0.3) is 0 Å². The SMILES string of the molecule is CC(C)(C)c1nsc(N2CCOCC2CC(O)c2ccccc2)n1. The Bertz CT molecular complexity index is 654. The van der Waals surface area contributed by atoms with E-state index in [1.54, 1.807) is 0 Å². The normalized spacial score (nSPS) is 20.2. The van der Waals surface area contributed by atoms with Crippen molar-refractivity contribution in [2.24, 2.45) is 0 Å². The average Bonchev–Trinajstić information content (AvgIpc) is 3.06. The first-order chi connectivity index (χ1) is 11.4. The van der Waals surface area contributed by atoms with Crippen LogP contribution in [-0.2, 0) is 10.2 Å². The fourth-order valence-corrected chi connectivity index (χ4v) is 3.76. The van der Waals surface area contributed by atoms with Crippen LogP contribution in [0.5, 0.6) is 0 Å². The van der Waals surface area contributed by atoms with Crippen LogP contribution in [-0.4, -0.2) is 40.3 Å². The Kier molecular flexibility index (Phi) is 5.18. The Balaban J connectivity index is 1.75. The summed E-state index contributed by atoms with van der Waals surface area (Å²) < 4.78 is 10.2. The lowest BCUT2D eigenvalue weighted by Gasteiger charge is -2.36. The van der Waals surface area contributed by atoms with Crippen LogP contribution >= 0.6 is 11.5 Å². The largest absolute Gasteiger partial charge is 0.388 e. The van der Waals surface area contributed by atoms with Gasteiger partial charge in [0.25, 0.3) is 0 Å². The Labute approximate surface area is 147 Å². The molecule has 1 aliphatic heterocycles. The molecule has 1 fully saturated rings. The van der Waals surface area contributed by atoms with Crippen molar-refractivity contribution < 1.29 is 9.84 Å². The molecule has 2 aromatic rings. The Hall–Kier alpha value is -1.50. The highest BCUT2D eigenvalue weighted by Gasteiger charge is 2.30. The molecule has 0 spiro atoms. The molecule has 1 aromatic carbocycles. The Morgan fingerprint density at radius 1 is 1.33 bits per heavy atom. The predicted octanol–water partition coefficient (Wildman–Crippen LogP) is 3.16. The number of ether oxygens (including phenoxy) is 1. The predicted molar refractivity (Wildman–Crippen MR) is 96.6 cm³/mol. The smallest absolute Gasteiger partial charge is 0.205 e. The first kappa shape index (κ1) is 17.3. The van der Waals surface area contributed by atoms with Gasteiger partial charge >= 0.3 is 0 Å². The molecule has 0 bridgehead atoms. The van der Waals surface area contributed by atoms with E-state index in [9.17, 15) is 5.11 Å². The topological polar surface area (TPSA) is 58.5 Å². The molecule has 0 aliphatic carbocycles. The molecule has 0 amide bonds. The van der Waals surface area contributed by atoms with Gasteiger partial charge in [-0.3, -0.25) is 0 Å². The van der Waals surface area contributed by atoms with Crippen LogP contribution in [0.15, 0.2) is 30.3 Å². The van der Waals surface area contributed by atoms with Crippen LogP contribution in [0.2, 0.25) is 0 Å². The summed E-state index contributed by atoms with van der Waals surface area (Å²) >= 11 is 1.44. The van der Waals surface area contributed by atoms with Gasteiger partial charge in [0.05, 0.1) is 25.4 Å². The summed E-state index contributed by atoms with van der Waals surface area (Å²) in [4.78, 5) is 6.97. The number of rotatable bonds is 4. The molecule has 1 aliphatic rings. The Morgan fingerprint density at radius 3 is 2.75 bits per heavy atom. The number of anilines is 1. The third-order valence-corrected chi connectivity index (χ3v) is 4.99. The third kappa shape index (κ3) is 3.94. The number of nitrogens with zero attached hydrogens (tertiary/aromatic N) is 3. The minimum Gasteiger partial charge on any atom is -0.388 e. The number of aromatic nitrogens is 2. The fourth-order valence-electron chi connectivity index (χ4n) is 2.81. The number of morpholine rings is 1. The second-order valence-corrected chi connectivity index (χ2v) is 7.97. The van der Waals surface area contributed by atoms with Crippen LogP contribution in [0.4, 0.5) is 5.13 Å². The molecule has 0 saturated carbocycles. The van der Waals surface area contributed by atoms with E-state index in [-0.39, 0.29) is 11.5 Å². The third-order valence-electron chi connectivity index (χ3n) is 4.24. The lowest BCUT2D eigenvalue weighted by molar-refractivity contribution is 0.0679. The highest BCUT2D eigenvalue weighted by molar-refractivity contribution is 7.09. The van der Waals surface area contributed by atoms with Crippen LogP contribution in [0.1, 0.15) is 44.7 Å². The molecule has 130 valence electrons. The lowest BCUT2D eigenvalue weighted by Crippen LogP contribution is -2.46. The zero-order valence-corrected chi connectivity index (χ0v) is 15.3. The zero-order chi connectivity index (χ0) is 17.2. The summed E-state index contributed by atoms with van der Waals surface area (Å²) in [5, 5.41) is 11.5. The molecule has 0 radical (unpaired) electrons. The molecule has 1 N–H and O–H groups in total. The first-order valence-corrected chi connectivity index (χ1v) is 9.14. The molecule has 3 rings (SSSR count). The monoisotopic (exact) mass is 347 g/mol. The zero-order valence-electron chi connectivity index (χ0n) is 14.5. The van der Waals surface area contributed by atoms with E-state index in [0.29, 0.717) is 19.6 Å². The first-order valence-electron chi connectivity index (χ1n) is 8.37. The van der Waals surface area contributed by atoms with Gasteiger partial charge in [0.15, 0.2) is 0 Å². The molecule has 2 heterocycles. The van der Waals surface area contributed by atoms with Gasteiger partial charge < -0.3 is 14.7 Å². The van der Waals surface area contributed by atoms with Crippen molar-refractivity contribution in [3.63, 3.8) is 0 Å². The molecule has 6 heteroatoms. The van der Waals surface area contributed by atoms with E-state index < -0.39 is 6.10 Å². The van der Waals surface area contributed by atoms with Gasteiger partial charge in [-0.25, -0.2) is 4.98 Å². The number of hydrogen-bond donors (Lipinski definition) is 1. The van der Waals surface area contributed by atoms with Gasteiger partial charge in [0.2, 0.25) is 5.13 Å². The van der Waals surface area contributed by atoms with Crippen molar-refractivity contribution in [1.82, 2.24) is 9.36 Å². The van der Waals surface area contributed by atoms with Crippen molar-refractivity contribution in [3.05, 3.63) is 41.7 Å². The number of aliphatic hydroxyl groups excluding tert-OH is 1. The maximum absolute atomic E-state index is 10.6. The number of benzene rings is 1. The summed E-state index contributed by atoms with van der Waals surface area (Å²) in [7, 11) is 0. The average molecular weight is 347 g/mol. The quantitative estimate of drug-likeness (QED) is 0.921. The van der Waals surface area contributed by atoms with E-state index in [4.69, 9.17) is 9.72 Å². The van der Waals surface area contributed by atoms with Crippen molar-refractivity contribution in [2.45, 2.75) is 44.8 Å². The highest BCUT2D eigenvalue weighted by Crippen LogP contribution is 2.30. The maximum atomic E-state index is 10.6. The van der Waals surface area contributed by atoms with Gasteiger partial charge in [-0.1, -0.05) is 51.1 Å². The van der Waals surface area contributed by atoms with Crippen molar-refractivity contribution >= 4 is 16.7 Å². The summed E-state index contributed by atoms with van der Waals surface area (Å²) in [6.45, 7) is 8.43. The summed E-state index contributed by atoms with van der Waals surface area (Å²) in [5.74, 6) is 0.872. The van der Waals surface area contributed by atoms with E-state index in [1.165, 1.54) is 11.5 Å². The van der Waals surface area contributed by atoms with E-state index >= 15 is 0 Å². The fraction of sp³-hybridized carbons (Fsp3) is 0.556. The van der Waals surface area contributed by atoms with Gasteiger partial charge in [-0.05, 0) is 5.56 Å². The second kappa shape index (κ2) is 7.17. The van der Waals surface area contributed by atoms with Gasteiger partial charge in [0.1, 0.15) is 5.82 Å². The van der Waals surface area contributed by atoms with Crippen LogP contribution in [0, 0.1) is 0 Å². The summed E-state index contributed by atoms with van der Waals surface area (Å²) in [6, 6.07) is 9.89. The molecular formula is C18H25N3O2S. The van der Waals surface area contributed by atoms with E-state index in [0.717, 1.165) is 23.1 Å². The molecule has 2 unspecified atom stereocenters. The molecule has 5 nitrogen and oxygen atoms in total. The highest BCUT2D eigenvalue weighted by atomic mass is 32.1. The van der Waals surface area contributed by atoms with Crippen molar-refractivity contribution in [1.29, 1.82) is 0 Å². The molecule has 1 aromatic heterocycles. The van der Waals surface area contributed by atoms with Gasteiger partial charge in [0, 0.05) is 29.9 Å². The molecule has 2 atom stereocenters. The van der Waals surface area contributed by atoms with Gasteiger partial charge in [-0.15, -0.1) is 0 Å². The van der Waals surface area contributed by atoms with E-state index in [2.05, 4.69) is 30.0 Å². The summed E-state index contributed by atoms with van der Waals surface area (Å²) in [6.07, 6.45) is 0.115. The Morgan fingerprint density at radius 2 is 2.08 bits per heavy atom. The summed E-state index contributed by atoms with van der Waals surface area (Å²) in [5.41, 5.74) is 0.885. The lowest BCUT2D eigenvalue weighted by atomic mass is 9.96. The van der Waals surface area contributed by atoms with E-state index in [1.807, 2.05) is 30.3 Å². The number of hydrogen-bond acceptors (Lipinski definition) is 6. The molecular weight excluding hydrogens is 322 g/mol. The van der Waals surface area contributed by atoms with Crippen molar-refractivity contribution in [3.8, 4) is 0 Å². The standard InChI is InChI=1S/C18H25N3O2S/c1-18(2,3)16-19-17(24-20-16)21-9-10-23-12-14(21)11-15(22)13-7-5-4-6-8-13/h4-8,14-15,22H,9-12H2,1-3H3. The minimum absolute atomic E-state index is 0.0555. The maximum Gasteiger partial charge on any atom is 0.205 e. The molecule has 24 heavy (non-hydrogen) atoms. The van der Waals surface area contributed by atoms with Crippen LogP contribution < -0.4 is 4.90 Å².